The molecule has 0 saturated heterocycles. The van der Waals surface area contributed by atoms with Gasteiger partial charge in [0.2, 0.25) is 0 Å². The van der Waals surface area contributed by atoms with Gasteiger partial charge in [-0.05, 0) is 22.9 Å². The second kappa shape index (κ2) is 4.00. The van der Waals surface area contributed by atoms with E-state index < -0.39 is 5.97 Å². The van der Waals surface area contributed by atoms with Gasteiger partial charge in [0, 0.05) is 15.8 Å². The van der Waals surface area contributed by atoms with Gasteiger partial charge in [-0.15, -0.1) is 0 Å². The number of fused-ring (bicyclic) bond motifs is 3. The molecule has 18 heavy (non-hydrogen) atoms. The molecule has 0 saturated carbocycles. The van der Waals surface area contributed by atoms with Gasteiger partial charge < -0.3 is 5.11 Å². The minimum absolute atomic E-state index is 0.284. The number of carboxylic acids is 1. The van der Waals surface area contributed by atoms with Gasteiger partial charge in [-0.1, -0.05) is 48.0 Å². The highest BCUT2D eigenvalue weighted by atomic mass is 35.5. The van der Waals surface area contributed by atoms with Crippen molar-refractivity contribution in [2.24, 2.45) is 0 Å². The topological polar surface area (TPSA) is 37.3 Å². The number of hydrogen-bond acceptors (Lipinski definition) is 1. The third kappa shape index (κ3) is 1.54. The van der Waals surface area contributed by atoms with E-state index in [9.17, 15) is 9.90 Å². The Bertz CT molecular complexity index is 778. The van der Waals surface area contributed by atoms with E-state index in [4.69, 9.17) is 11.6 Å². The van der Waals surface area contributed by atoms with Crippen LogP contribution in [0.3, 0.4) is 0 Å². The quantitative estimate of drug-likeness (QED) is 0.658. The van der Waals surface area contributed by atoms with Gasteiger partial charge in [-0.25, -0.2) is 4.79 Å². The smallest absolute Gasteiger partial charge is 0.336 e. The molecule has 0 aliphatic carbocycles. The summed E-state index contributed by atoms with van der Waals surface area (Å²) >= 11 is 6.22. The standard InChI is InChI=1S/C15H9ClO2/c16-13-8-9-4-1-2-5-10(9)14-11(13)6-3-7-12(14)15(17)18/h1-8H,(H,17,18). The monoisotopic (exact) mass is 256 g/mol. The van der Waals surface area contributed by atoms with Crippen LogP contribution in [0.2, 0.25) is 5.02 Å². The van der Waals surface area contributed by atoms with Crippen LogP contribution in [-0.4, -0.2) is 11.1 Å². The number of aromatic carboxylic acids is 1. The first-order valence-corrected chi connectivity index (χ1v) is 5.89. The molecule has 0 bridgehead atoms. The molecule has 0 aliphatic heterocycles. The van der Waals surface area contributed by atoms with Gasteiger partial charge in [0.1, 0.15) is 0 Å². The van der Waals surface area contributed by atoms with Crippen molar-refractivity contribution in [3.8, 4) is 0 Å². The van der Waals surface area contributed by atoms with E-state index in [1.54, 1.807) is 12.1 Å². The highest BCUT2D eigenvalue weighted by Crippen LogP contribution is 2.33. The third-order valence-electron chi connectivity index (χ3n) is 3.06. The number of halogens is 1. The van der Waals surface area contributed by atoms with Gasteiger partial charge in [0.05, 0.1) is 5.56 Å². The molecule has 3 aromatic rings. The summed E-state index contributed by atoms with van der Waals surface area (Å²) in [6.07, 6.45) is 0. The van der Waals surface area contributed by atoms with Crippen LogP contribution < -0.4 is 0 Å². The van der Waals surface area contributed by atoms with Gasteiger partial charge >= 0.3 is 5.97 Å². The summed E-state index contributed by atoms with van der Waals surface area (Å²) < 4.78 is 0. The Kier molecular flexibility index (Phi) is 2.46. The zero-order valence-electron chi connectivity index (χ0n) is 9.35. The first-order valence-electron chi connectivity index (χ1n) is 5.52. The summed E-state index contributed by atoms with van der Waals surface area (Å²) in [6, 6.07) is 14.7. The van der Waals surface area contributed by atoms with E-state index in [0.717, 1.165) is 16.2 Å². The van der Waals surface area contributed by atoms with Gasteiger partial charge in [0.25, 0.3) is 0 Å². The number of benzene rings is 3. The van der Waals surface area contributed by atoms with Crippen LogP contribution >= 0.6 is 11.6 Å². The summed E-state index contributed by atoms with van der Waals surface area (Å²) in [5.74, 6) is -0.937. The Morgan fingerprint density at radius 2 is 1.72 bits per heavy atom. The molecule has 0 spiro atoms. The van der Waals surface area contributed by atoms with E-state index in [1.807, 2.05) is 36.4 Å². The molecular weight excluding hydrogens is 248 g/mol. The fourth-order valence-corrected chi connectivity index (χ4v) is 2.56. The van der Waals surface area contributed by atoms with Crippen LogP contribution in [0.1, 0.15) is 10.4 Å². The fourth-order valence-electron chi connectivity index (χ4n) is 2.28. The third-order valence-corrected chi connectivity index (χ3v) is 3.38. The average molecular weight is 257 g/mol. The molecule has 0 fully saturated rings. The Morgan fingerprint density at radius 3 is 2.50 bits per heavy atom. The lowest BCUT2D eigenvalue weighted by Gasteiger charge is -2.08. The molecule has 0 radical (unpaired) electrons. The van der Waals surface area contributed by atoms with Crippen LogP contribution in [0.4, 0.5) is 0 Å². The van der Waals surface area contributed by atoms with Crippen molar-refractivity contribution in [1.29, 1.82) is 0 Å². The molecule has 3 heteroatoms. The number of hydrogen-bond donors (Lipinski definition) is 1. The van der Waals surface area contributed by atoms with Crippen molar-refractivity contribution in [3.05, 3.63) is 59.1 Å². The minimum atomic E-state index is -0.937. The van der Waals surface area contributed by atoms with E-state index in [-0.39, 0.29) is 5.56 Å². The van der Waals surface area contributed by atoms with Crippen molar-refractivity contribution >= 4 is 39.1 Å². The van der Waals surface area contributed by atoms with Crippen molar-refractivity contribution in [1.82, 2.24) is 0 Å². The highest BCUT2D eigenvalue weighted by Gasteiger charge is 2.13. The van der Waals surface area contributed by atoms with Crippen molar-refractivity contribution < 1.29 is 9.90 Å². The molecule has 0 aromatic heterocycles. The van der Waals surface area contributed by atoms with Gasteiger partial charge in [-0.2, -0.15) is 0 Å². The lowest BCUT2D eigenvalue weighted by Crippen LogP contribution is -1.97. The molecule has 3 rings (SSSR count). The molecule has 3 aromatic carbocycles. The second-order valence-electron chi connectivity index (χ2n) is 4.11. The molecule has 0 aliphatic rings. The molecule has 0 heterocycles. The Balaban J connectivity index is 2.64. The van der Waals surface area contributed by atoms with Crippen LogP contribution in [0, 0.1) is 0 Å². The first-order chi connectivity index (χ1) is 8.68. The lowest BCUT2D eigenvalue weighted by atomic mass is 9.98. The normalized spacial score (nSPS) is 10.9. The first kappa shape index (κ1) is 11.1. The average Bonchev–Trinajstić information content (AvgIpc) is 2.38. The largest absolute Gasteiger partial charge is 0.478 e. The van der Waals surface area contributed by atoms with Crippen LogP contribution in [0.25, 0.3) is 21.5 Å². The fraction of sp³-hybridized carbons (Fsp3) is 0. The van der Waals surface area contributed by atoms with Crippen LogP contribution in [0.5, 0.6) is 0 Å². The molecule has 0 amide bonds. The Morgan fingerprint density at radius 1 is 1.00 bits per heavy atom. The van der Waals surface area contributed by atoms with E-state index in [1.165, 1.54) is 0 Å². The van der Waals surface area contributed by atoms with E-state index in [0.29, 0.717) is 10.4 Å². The number of carbonyl (C=O) groups is 1. The summed E-state index contributed by atoms with van der Waals surface area (Å²) in [7, 11) is 0. The SMILES string of the molecule is O=C(O)c1cccc2c(Cl)cc3ccccc3c12. The maximum absolute atomic E-state index is 11.3. The lowest BCUT2D eigenvalue weighted by molar-refractivity contribution is 0.0699. The molecule has 88 valence electrons. The van der Waals surface area contributed by atoms with Crippen molar-refractivity contribution in [2.75, 3.05) is 0 Å². The predicted octanol–water partition coefficient (Wildman–Crippen LogP) is 4.34. The molecule has 2 nitrogen and oxygen atoms in total. The zero-order valence-corrected chi connectivity index (χ0v) is 10.1. The Hall–Kier alpha value is -2.06. The van der Waals surface area contributed by atoms with Gasteiger partial charge in [0.15, 0.2) is 0 Å². The van der Waals surface area contributed by atoms with Crippen molar-refractivity contribution in [3.63, 3.8) is 0 Å². The Labute approximate surface area is 108 Å². The maximum Gasteiger partial charge on any atom is 0.336 e. The number of carboxylic acid groups (broad SMARTS) is 1. The number of rotatable bonds is 1. The predicted molar refractivity (Wildman–Crippen MR) is 73.4 cm³/mol. The summed E-state index contributed by atoms with van der Waals surface area (Å²) in [5, 5.41) is 13.2. The van der Waals surface area contributed by atoms with E-state index >= 15 is 0 Å². The van der Waals surface area contributed by atoms with Crippen LogP contribution in [0.15, 0.2) is 48.5 Å². The zero-order chi connectivity index (χ0) is 12.7. The summed E-state index contributed by atoms with van der Waals surface area (Å²) in [5.41, 5.74) is 0.284. The minimum Gasteiger partial charge on any atom is -0.478 e. The maximum atomic E-state index is 11.3. The molecule has 1 N–H and O–H groups in total. The molecular formula is C15H9ClO2. The summed E-state index contributed by atoms with van der Waals surface area (Å²) in [4.78, 5) is 11.3. The molecule has 0 unspecified atom stereocenters. The van der Waals surface area contributed by atoms with E-state index in [2.05, 4.69) is 0 Å². The molecule has 0 atom stereocenters. The van der Waals surface area contributed by atoms with Crippen molar-refractivity contribution in [2.45, 2.75) is 0 Å². The van der Waals surface area contributed by atoms with Crippen LogP contribution in [-0.2, 0) is 0 Å². The van der Waals surface area contributed by atoms with Gasteiger partial charge in [-0.3, -0.25) is 0 Å². The summed E-state index contributed by atoms with van der Waals surface area (Å²) in [6.45, 7) is 0. The second-order valence-corrected chi connectivity index (χ2v) is 4.52. The highest BCUT2D eigenvalue weighted by molar-refractivity contribution is 6.38.